The number of rotatable bonds is 10. The topological polar surface area (TPSA) is 60.5 Å². The monoisotopic (exact) mass is 478 g/mol. The van der Waals surface area contributed by atoms with Crippen molar-refractivity contribution in [2.24, 2.45) is 5.10 Å². The van der Waals surface area contributed by atoms with Crippen molar-refractivity contribution in [1.29, 1.82) is 0 Å². The molecule has 0 radical (unpaired) electrons. The van der Waals surface area contributed by atoms with E-state index >= 15 is 0 Å². The number of aromatic nitrogens is 1. The van der Waals surface area contributed by atoms with Crippen LogP contribution >= 0.6 is 0 Å². The zero-order valence-electron chi connectivity index (χ0n) is 21.3. The van der Waals surface area contributed by atoms with Crippen LogP contribution in [0.4, 0.5) is 15.9 Å². The molecule has 0 amide bonds. The average molecular weight is 479 g/mol. The molecule has 3 rings (SSSR count). The molecule has 0 unspecified atom stereocenters. The summed E-state index contributed by atoms with van der Waals surface area (Å²) >= 11 is 0. The Morgan fingerprint density at radius 3 is 2.49 bits per heavy atom. The molecule has 0 aliphatic heterocycles. The van der Waals surface area contributed by atoms with Gasteiger partial charge in [0.25, 0.3) is 5.56 Å². The predicted molar refractivity (Wildman–Crippen MR) is 147 cm³/mol. The molecule has 188 valence electrons. The largest absolute Gasteiger partial charge is 0.310 e. The number of hydrogen-bond acceptors (Lipinski definition) is 4. The van der Waals surface area contributed by atoms with Crippen molar-refractivity contribution in [3.05, 3.63) is 94.1 Å². The molecule has 5 nitrogen and oxygen atoms in total. The number of aromatic amines is 1. The van der Waals surface area contributed by atoms with Gasteiger partial charge in [0, 0.05) is 24.9 Å². The minimum atomic E-state index is -0.391. The highest BCUT2D eigenvalue weighted by Crippen LogP contribution is 2.28. The SMILES string of the molecule is C=C(F)/C=C\C.C=NN(c1ccccc1)c1[nH]c(=O)c(CNC2CCCC2)cc1C/C(C)=C/CC. The zero-order valence-corrected chi connectivity index (χ0v) is 21.3. The Balaban J connectivity index is 0.000000641. The maximum atomic E-state index is 12.9. The van der Waals surface area contributed by atoms with Crippen LogP contribution < -0.4 is 15.9 Å². The van der Waals surface area contributed by atoms with Crippen molar-refractivity contribution in [1.82, 2.24) is 10.3 Å². The van der Waals surface area contributed by atoms with E-state index in [9.17, 15) is 9.18 Å². The molecule has 2 N–H and O–H groups in total. The molecule has 1 saturated carbocycles. The lowest BCUT2D eigenvalue weighted by molar-refractivity contribution is 0.522. The van der Waals surface area contributed by atoms with Gasteiger partial charge >= 0.3 is 0 Å². The molecule has 1 aromatic heterocycles. The molecular weight excluding hydrogens is 439 g/mol. The van der Waals surface area contributed by atoms with Crippen molar-refractivity contribution in [3.8, 4) is 0 Å². The van der Waals surface area contributed by atoms with E-state index in [1.54, 1.807) is 18.0 Å². The lowest BCUT2D eigenvalue weighted by atomic mass is 10.0. The molecule has 0 bridgehead atoms. The first-order valence-corrected chi connectivity index (χ1v) is 12.3. The normalized spacial score (nSPS) is 14.0. The number of benzene rings is 1. The summed E-state index contributed by atoms with van der Waals surface area (Å²) in [6.45, 7) is 13.3. The van der Waals surface area contributed by atoms with Crippen LogP contribution in [-0.2, 0) is 13.0 Å². The molecule has 1 aliphatic rings. The average Bonchev–Trinajstić information content (AvgIpc) is 3.35. The first-order valence-electron chi connectivity index (χ1n) is 12.3. The van der Waals surface area contributed by atoms with Crippen LogP contribution in [0, 0.1) is 0 Å². The van der Waals surface area contributed by atoms with Gasteiger partial charge in [-0.05, 0) is 69.4 Å². The van der Waals surface area contributed by atoms with Gasteiger partial charge in [-0.3, -0.25) is 4.79 Å². The van der Waals surface area contributed by atoms with Crippen LogP contribution in [-0.4, -0.2) is 17.7 Å². The molecule has 35 heavy (non-hydrogen) atoms. The Kier molecular flexibility index (Phi) is 11.9. The van der Waals surface area contributed by atoms with E-state index in [1.165, 1.54) is 37.3 Å². The molecule has 1 aliphatic carbocycles. The smallest absolute Gasteiger partial charge is 0.254 e. The van der Waals surface area contributed by atoms with Gasteiger partial charge in [-0.25, -0.2) is 9.40 Å². The van der Waals surface area contributed by atoms with E-state index in [-0.39, 0.29) is 5.56 Å². The molecule has 6 heteroatoms. The Hall–Kier alpha value is -3.25. The Labute approximate surface area is 209 Å². The summed E-state index contributed by atoms with van der Waals surface area (Å²) in [6.07, 6.45) is 11.8. The third-order valence-electron chi connectivity index (χ3n) is 5.84. The standard InChI is InChI=1S/C24H32N4O.C5H7F/c1-4-10-18(2)15-19-16-20(17-26-21-11-8-9-12-21)24(29)27-23(19)28(25-3)22-13-6-5-7-14-22;1-3-4-5(2)6/h5-7,10,13-14,16,21,26H,3-4,8-9,11-12,15,17H2,1-2H3,(H,27,29);3-4H,2H2,1H3/b18-10+;4-3-. The highest BCUT2D eigenvalue weighted by molar-refractivity contribution is 5.64. The van der Waals surface area contributed by atoms with Gasteiger partial charge in [-0.2, -0.15) is 5.10 Å². The number of hydrogen-bond donors (Lipinski definition) is 2. The Bertz CT molecular complexity index is 1070. The summed E-state index contributed by atoms with van der Waals surface area (Å²) in [7, 11) is 0. The quantitative estimate of drug-likeness (QED) is 0.166. The second-order valence-corrected chi connectivity index (χ2v) is 8.73. The van der Waals surface area contributed by atoms with Gasteiger partial charge in [-0.1, -0.05) is 62.3 Å². The number of nitrogens with one attached hydrogen (secondary N) is 2. The maximum Gasteiger partial charge on any atom is 0.254 e. The Morgan fingerprint density at radius 2 is 1.94 bits per heavy atom. The Morgan fingerprint density at radius 1 is 1.26 bits per heavy atom. The van der Waals surface area contributed by atoms with Crippen LogP contribution in [0.2, 0.25) is 0 Å². The molecule has 0 saturated heterocycles. The van der Waals surface area contributed by atoms with Crippen LogP contribution in [0.25, 0.3) is 0 Å². The van der Waals surface area contributed by atoms with Gasteiger partial charge in [0.2, 0.25) is 0 Å². The summed E-state index contributed by atoms with van der Waals surface area (Å²) in [4.78, 5) is 15.9. The van der Waals surface area contributed by atoms with Crippen LogP contribution in [0.5, 0.6) is 0 Å². The van der Waals surface area contributed by atoms with Gasteiger partial charge < -0.3 is 10.3 Å². The zero-order chi connectivity index (χ0) is 25.6. The molecule has 0 spiro atoms. The predicted octanol–water partition coefficient (Wildman–Crippen LogP) is 7.11. The van der Waals surface area contributed by atoms with E-state index in [4.69, 9.17) is 0 Å². The van der Waals surface area contributed by atoms with Gasteiger partial charge in [0.05, 0.1) is 5.69 Å². The maximum absolute atomic E-state index is 12.9. The molecule has 1 aromatic carbocycles. The molecular formula is C29H39FN4O. The van der Waals surface area contributed by atoms with Gasteiger partial charge in [0.1, 0.15) is 11.6 Å². The fourth-order valence-electron chi connectivity index (χ4n) is 4.20. The number of pyridine rings is 1. The number of nitrogens with zero attached hydrogens (tertiary/aromatic N) is 2. The highest BCUT2D eigenvalue weighted by Gasteiger charge is 2.18. The second-order valence-electron chi connectivity index (χ2n) is 8.73. The minimum absolute atomic E-state index is 0.0732. The van der Waals surface area contributed by atoms with Crippen molar-refractivity contribution < 1.29 is 4.39 Å². The number of anilines is 2. The van der Waals surface area contributed by atoms with Gasteiger partial charge in [-0.15, -0.1) is 0 Å². The van der Waals surface area contributed by atoms with E-state index < -0.39 is 5.83 Å². The minimum Gasteiger partial charge on any atom is -0.310 e. The van der Waals surface area contributed by atoms with Crippen molar-refractivity contribution >= 4 is 18.2 Å². The fraction of sp³-hybridized carbons (Fsp3) is 0.379. The van der Waals surface area contributed by atoms with Crippen molar-refractivity contribution in [3.63, 3.8) is 0 Å². The van der Waals surface area contributed by atoms with Crippen LogP contribution in [0.3, 0.4) is 0 Å². The lowest BCUT2D eigenvalue weighted by Gasteiger charge is -2.22. The summed E-state index contributed by atoms with van der Waals surface area (Å²) in [6, 6.07) is 12.3. The molecule has 1 fully saturated rings. The van der Waals surface area contributed by atoms with E-state index in [2.05, 4.69) is 48.6 Å². The molecule has 0 atom stereocenters. The van der Waals surface area contributed by atoms with Crippen molar-refractivity contribution in [2.45, 2.75) is 71.9 Å². The third-order valence-corrected chi connectivity index (χ3v) is 5.84. The number of hydrazone groups is 1. The number of para-hydroxylation sites is 1. The fourth-order valence-corrected chi connectivity index (χ4v) is 4.20. The molecule has 2 aromatic rings. The number of allylic oxidation sites excluding steroid dienone is 5. The van der Waals surface area contributed by atoms with Crippen molar-refractivity contribution in [2.75, 3.05) is 5.01 Å². The second kappa shape index (κ2) is 14.9. The number of halogens is 1. The molecule has 1 heterocycles. The van der Waals surface area contributed by atoms with Crippen LogP contribution in [0.15, 0.2) is 82.5 Å². The van der Waals surface area contributed by atoms with Gasteiger partial charge in [0.15, 0.2) is 0 Å². The van der Waals surface area contributed by atoms with E-state index in [1.807, 2.05) is 36.4 Å². The number of H-pyrrole nitrogens is 1. The first-order chi connectivity index (χ1) is 16.9. The van der Waals surface area contributed by atoms with Crippen LogP contribution in [0.1, 0.15) is 64.0 Å². The van der Waals surface area contributed by atoms with E-state index in [0.29, 0.717) is 18.4 Å². The summed E-state index contributed by atoms with van der Waals surface area (Å²) in [5.41, 5.74) is 3.89. The summed E-state index contributed by atoms with van der Waals surface area (Å²) in [5, 5.41) is 9.47. The summed E-state index contributed by atoms with van der Waals surface area (Å²) < 4.78 is 11.4. The first kappa shape index (κ1) is 28.0. The highest BCUT2D eigenvalue weighted by atomic mass is 19.1. The lowest BCUT2D eigenvalue weighted by Crippen LogP contribution is -2.29. The summed E-state index contributed by atoms with van der Waals surface area (Å²) in [5.74, 6) is 0.294. The van der Waals surface area contributed by atoms with E-state index in [0.717, 1.165) is 29.7 Å². The third kappa shape index (κ3) is 9.13.